The van der Waals surface area contributed by atoms with Crippen molar-refractivity contribution < 1.29 is 9.53 Å². The van der Waals surface area contributed by atoms with Gasteiger partial charge in [0, 0.05) is 17.1 Å². The maximum absolute atomic E-state index is 12.7. The summed E-state index contributed by atoms with van der Waals surface area (Å²) < 4.78 is 5.28. The summed E-state index contributed by atoms with van der Waals surface area (Å²) in [5.41, 5.74) is 0.551. The average Bonchev–Trinajstić information content (AvgIpc) is 2.38. The number of amides is 1. The third-order valence-electron chi connectivity index (χ3n) is 3.82. The first-order valence-corrected chi connectivity index (χ1v) is 7.08. The second-order valence-electron chi connectivity index (χ2n) is 5.19. The first-order valence-electron chi connectivity index (χ1n) is 6.70. The van der Waals surface area contributed by atoms with Gasteiger partial charge in [0.1, 0.15) is 5.75 Å². The van der Waals surface area contributed by atoms with E-state index in [0.29, 0.717) is 16.3 Å². The average molecular weight is 282 g/mol. The van der Waals surface area contributed by atoms with Gasteiger partial charge in [0.15, 0.2) is 0 Å². The number of nitrogens with zero attached hydrogens (tertiary/aromatic N) is 1. The first-order chi connectivity index (χ1) is 9.04. The highest BCUT2D eigenvalue weighted by molar-refractivity contribution is 6.31. The molecule has 1 aliphatic heterocycles. The zero-order valence-corrected chi connectivity index (χ0v) is 12.4. The van der Waals surface area contributed by atoms with Crippen molar-refractivity contribution in [1.29, 1.82) is 0 Å². The van der Waals surface area contributed by atoms with E-state index in [0.717, 1.165) is 12.8 Å². The van der Waals surface area contributed by atoms with Gasteiger partial charge in [-0.25, -0.2) is 0 Å². The van der Waals surface area contributed by atoms with Gasteiger partial charge in [-0.05, 0) is 51.3 Å². The number of hydrogen-bond acceptors (Lipinski definition) is 2. The molecule has 19 heavy (non-hydrogen) atoms. The van der Waals surface area contributed by atoms with Crippen molar-refractivity contribution in [3.05, 3.63) is 28.8 Å². The molecule has 0 spiro atoms. The summed E-state index contributed by atoms with van der Waals surface area (Å²) in [6.45, 7) is 4.20. The second kappa shape index (κ2) is 5.83. The van der Waals surface area contributed by atoms with E-state index in [4.69, 9.17) is 16.3 Å². The highest BCUT2D eigenvalue weighted by Crippen LogP contribution is 2.29. The minimum absolute atomic E-state index is 0.0130. The smallest absolute Gasteiger partial charge is 0.258 e. The van der Waals surface area contributed by atoms with Crippen LogP contribution < -0.4 is 4.74 Å². The molecule has 1 aliphatic rings. The Morgan fingerprint density at radius 3 is 2.53 bits per heavy atom. The maximum atomic E-state index is 12.7. The third kappa shape index (κ3) is 2.86. The highest BCUT2D eigenvalue weighted by atomic mass is 35.5. The number of piperidine rings is 1. The fraction of sp³-hybridized carbons (Fsp3) is 0.533. The van der Waals surface area contributed by atoms with Gasteiger partial charge in [0.2, 0.25) is 0 Å². The Labute approximate surface area is 119 Å². The molecule has 1 fully saturated rings. The summed E-state index contributed by atoms with van der Waals surface area (Å²) in [4.78, 5) is 14.7. The van der Waals surface area contributed by atoms with Gasteiger partial charge in [-0.1, -0.05) is 11.6 Å². The molecule has 0 saturated carbocycles. The summed E-state index contributed by atoms with van der Waals surface area (Å²) in [7, 11) is 1.57. The molecule has 4 heteroatoms. The monoisotopic (exact) mass is 281 g/mol. The molecule has 0 radical (unpaired) electrons. The lowest BCUT2D eigenvalue weighted by atomic mass is 9.96. The topological polar surface area (TPSA) is 29.5 Å². The highest BCUT2D eigenvalue weighted by Gasteiger charge is 2.31. The van der Waals surface area contributed by atoms with Crippen LogP contribution in [0.1, 0.15) is 43.5 Å². The van der Waals surface area contributed by atoms with Crippen molar-refractivity contribution in [3.63, 3.8) is 0 Å². The van der Waals surface area contributed by atoms with Crippen LogP contribution in [0.4, 0.5) is 0 Å². The van der Waals surface area contributed by atoms with Crippen LogP contribution in [0.15, 0.2) is 18.2 Å². The Balaban J connectivity index is 2.35. The number of hydrogen-bond donors (Lipinski definition) is 0. The molecule has 3 nitrogen and oxygen atoms in total. The standard InChI is InChI=1S/C15H20ClNO2/c1-10-5-4-6-11(2)17(10)15(18)13-9-12(16)7-8-14(13)19-3/h7-11H,4-6H2,1-3H3/t10-,11-/m0/s1. The Morgan fingerprint density at radius 2 is 1.95 bits per heavy atom. The molecule has 1 heterocycles. The molecule has 0 aliphatic carbocycles. The summed E-state index contributed by atoms with van der Waals surface area (Å²) in [6, 6.07) is 5.70. The van der Waals surface area contributed by atoms with Gasteiger partial charge >= 0.3 is 0 Å². The van der Waals surface area contributed by atoms with Crippen LogP contribution in [0, 0.1) is 0 Å². The molecule has 1 amide bonds. The summed E-state index contributed by atoms with van der Waals surface area (Å²) in [5.74, 6) is 0.596. The van der Waals surface area contributed by atoms with Gasteiger partial charge in [-0.2, -0.15) is 0 Å². The Morgan fingerprint density at radius 1 is 1.32 bits per heavy atom. The molecule has 1 saturated heterocycles. The number of rotatable bonds is 2. The normalized spacial score (nSPS) is 23.3. The minimum atomic E-state index is 0.0130. The molecule has 1 aromatic carbocycles. The number of likely N-dealkylation sites (tertiary alicyclic amines) is 1. The summed E-state index contributed by atoms with van der Waals surface area (Å²) >= 11 is 6.00. The SMILES string of the molecule is COc1ccc(Cl)cc1C(=O)N1[C@@H](C)CCC[C@@H]1C. The van der Waals surface area contributed by atoms with Crippen molar-refractivity contribution in [1.82, 2.24) is 4.90 Å². The van der Waals surface area contributed by atoms with E-state index >= 15 is 0 Å². The van der Waals surface area contributed by atoms with Gasteiger partial charge in [-0.15, -0.1) is 0 Å². The van der Waals surface area contributed by atoms with Crippen molar-refractivity contribution in [2.45, 2.75) is 45.2 Å². The van der Waals surface area contributed by atoms with E-state index in [1.165, 1.54) is 6.42 Å². The number of carbonyl (C=O) groups excluding carboxylic acids is 1. The van der Waals surface area contributed by atoms with Crippen LogP contribution >= 0.6 is 11.6 Å². The van der Waals surface area contributed by atoms with E-state index in [2.05, 4.69) is 13.8 Å². The molecular weight excluding hydrogens is 262 g/mol. The van der Waals surface area contributed by atoms with E-state index in [1.807, 2.05) is 4.90 Å². The Kier molecular flexibility index (Phi) is 4.35. The van der Waals surface area contributed by atoms with Gasteiger partial charge in [0.25, 0.3) is 5.91 Å². The van der Waals surface area contributed by atoms with E-state index in [9.17, 15) is 4.79 Å². The summed E-state index contributed by atoms with van der Waals surface area (Å²) in [5, 5.41) is 0.557. The van der Waals surface area contributed by atoms with Crippen molar-refractivity contribution in [3.8, 4) is 5.75 Å². The Bertz CT molecular complexity index is 465. The Hall–Kier alpha value is -1.22. The lowest BCUT2D eigenvalue weighted by Crippen LogP contribution is -2.47. The zero-order valence-electron chi connectivity index (χ0n) is 11.6. The lowest BCUT2D eigenvalue weighted by molar-refractivity contribution is 0.0507. The van der Waals surface area contributed by atoms with Gasteiger partial charge < -0.3 is 9.64 Å². The molecule has 1 aromatic rings. The van der Waals surface area contributed by atoms with Gasteiger partial charge in [0.05, 0.1) is 12.7 Å². The number of halogens is 1. The van der Waals surface area contributed by atoms with E-state index < -0.39 is 0 Å². The predicted molar refractivity (Wildman–Crippen MR) is 76.9 cm³/mol. The second-order valence-corrected chi connectivity index (χ2v) is 5.62. The number of carbonyl (C=O) groups is 1. The number of ether oxygens (including phenoxy) is 1. The molecule has 2 rings (SSSR count). The molecule has 0 aromatic heterocycles. The van der Waals surface area contributed by atoms with E-state index in [1.54, 1.807) is 25.3 Å². The molecule has 0 bridgehead atoms. The zero-order chi connectivity index (χ0) is 14.0. The number of benzene rings is 1. The predicted octanol–water partition coefficient (Wildman–Crippen LogP) is 3.75. The van der Waals surface area contributed by atoms with Gasteiger partial charge in [-0.3, -0.25) is 4.79 Å². The quantitative estimate of drug-likeness (QED) is 0.826. The van der Waals surface area contributed by atoms with Crippen LogP contribution in [0.2, 0.25) is 5.02 Å². The van der Waals surface area contributed by atoms with Crippen molar-refractivity contribution in [2.24, 2.45) is 0 Å². The van der Waals surface area contributed by atoms with Crippen LogP contribution in [-0.4, -0.2) is 30.0 Å². The molecule has 0 unspecified atom stereocenters. The minimum Gasteiger partial charge on any atom is -0.496 e. The largest absolute Gasteiger partial charge is 0.496 e. The first kappa shape index (κ1) is 14.2. The lowest BCUT2D eigenvalue weighted by Gasteiger charge is -2.39. The van der Waals surface area contributed by atoms with Crippen molar-refractivity contribution in [2.75, 3.05) is 7.11 Å². The molecule has 2 atom stereocenters. The van der Waals surface area contributed by atoms with Crippen LogP contribution in [0.3, 0.4) is 0 Å². The molecular formula is C15H20ClNO2. The third-order valence-corrected chi connectivity index (χ3v) is 4.06. The molecule has 0 N–H and O–H groups in total. The van der Waals surface area contributed by atoms with Crippen LogP contribution in [-0.2, 0) is 0 Å². The summed E-state index contributed by atoms with van der Waals surface area (Å²) in [6.07, 6.45) is 3.29. The number of methoxy groups -OCH3 is 1. The molecule has 104 valence electrons. The van der Waals surface area contributed by atoms with E-state index in [-0.39, 0.29) is 18.0 Å². The van der Waals surface area contributed by atoms with Crippen LogP contribution in [0.25, 0.3) is 0 Å². The fourth-order valence-corrected chi connectivity index (χ4v) is 2.98. The fourth-order valence-electron chi connectivity index (χ4n) is 2.81. The van der Waals surface area contributed by atoms with Crippen molar-refractivity contribution >= 4 is 17.5 Å². The maximum Gasteiger partial charge on any atom is 0.258 e. The van der Waals surface area contributed by atoms with Crippen LogP contribution in [0.5, 0.6) is 5.75 Å².